The average Bonchev–Trinajstić information content (AvgIpc) is 3.26. The summed E-state index contributed by atoms with van der Waals surface area (Å²) in [6, 6.07) is -0.519. The van der Waals surface area contributed by atoms with E-state index >= 15 is 4.39 Å². The molecule has 2 aliphatic carbocycles. The zero-order valence-corrected chi connectivity index (χ0v) is 18.8. The van der Waals surface area contributed by atoms with Gasteiger partial charge in [0.1, 0.15) is 18.7 Å². The number of carbonyl (C=O) groups excluding carboxylic acids is 1. The van der Waals surface area contributed by atoms with Gasteiger partial charge in [0.15, 0.2) is 11.5 Å². The lowest BCUT2D eigenvalue weighted by molar-refractivity contribution is -0.117. The molecule has 0 spiro atoms. The first-order valence-corrected chi connectivity index (χ1v) is 11.6. The number of fused-ring (bicyclic) bond motifs is 2. The zero-order chi connectivity index (χ0) is 23.6. The molecule has 6 unspecified atom stereocenters. The summed E-state index contributed by atoms with van der Waals surface area (Å²) in [5, 5.41) is 13.1. The predicted molar refractivity (Wildman–Crippen MR) is 116 cm³/mol. The van der Waals surface area contributed by atoms with Crippen LogP contribution < -0.4 is 16.2 Å². The van der Waals surface area contributed by atoms with Crippen molar-refractivity contribution in [2.24, 2.45) is 17.8 Å². The van der Waals surface area contributed by atoms with E-state index in [4.69, 9.17) is 11.6 Å². The highest BCUT2D eigenvalue weighted by Gasteiger charge is 2.55. The molecule has 4 heterocycles. The third-order valence-electron chi connectivity index (χ3n) is 7.30. The molecule has 9 atom stereocenters. The van der Waals surface area contributed by atoms with Gasteiger partial charge in [-0.1, -0.05) is 0 Å². The molecule has 3 fully saturated rings. The van der Waals surface area contributed by atoms with Crippen molar-refractivity contribution < 1.29 is 13.6 Å². The number of tetrazole rings is 1. The normalized spacial score (nSPS) is 35.8. The van der Waals surface area contributed by atoms with Crippen LogP contribution in [0, 0.1) is 17.8 Å². The van der Waals surface area contributed by atoms with Crippen LogP contribution >= 0.6 is 11.6 Å². The number of hydrogen-bond acceptors (Lipinski definition) is 8. The lowest BCUT2D eigenvalue weighted by Crippen LogP contribution is -2.55. The summed E-state index contributed by atoms with van der Waals surface area (Å²) in [6.45, 7) is 2.48. The fourth-order valence-corrected chi connectivity index (χ4v) is 5.87. The molecule has 0 radical (unpaired) electrons. The first-order valence-electron chi connectivity index (χ1n) is 11.2. The number of hydrazine groups is 1. The number of amides is 1. The Morgan fingerprint density at radius 1 is 1.35 bits per heavy atom. The van der Waals surface area contributed by atoms with Crippen LogP contribution in [0.4, 0.5) is 14.6 Å². The van der Waals surface area contributed by atoms with Gasteiger partial charge in [-0.05, 0) is 29.7 Å². The molecule has 34 heavy (non-hydrogen) atoms. The summed E-state index contributed by atoms with van der Waals surface area (Å²) >= 11 is 6.77. The van der Waals surface area contributed by atoms with Crippen molar-refractivity contribution in [2.45, 2.75) is 49.1 Å². The predicted octanol–water partition coefficient (Wildman–Crippen LogP) is 1.02. The van der Waals surface area contributed by atoms with Gasteiger partial charge in [-0.2, -0.15) is 0 Å². The number of rotatable bonds is 5. The minimum atomic E-state index is -1.35. The summed E-state index contributed by atoms with van der Waals surface area (Å²) in [4.78, 5) is 20.9. The van der Waals surface area contributed by atoms with Crippen LogP contribution in [0.3, 0.4) is 0 Å². The first-order chi connectivity index (χ1) is 16.4. The highest BCUT2D eigenvalue weighted by Crippen LogP contribution is 2.48. The van der Waals surface area contributed by atoms with Gasteiger partial charge in [0.05, 0.1) is 35.4 Å². The molecule has 1 aliphatic heterocycles. The SMILES string of the molecule is C[C@@H](C1C(F)C(Cl)C(c2cn3cc(NC(=O)[C@@H]4C[C@@H]4F)nc3cn2)C2CNNC21)n1cnnn1. The molecule has 11 nitrogen and oxygen atoms in total. The molecule has 3 aromatic rings. The first kappa shape index (κ1) is 21.7. The van der Waals surface area contributed by atoms with Crippen LogP contribution in [-0.2, 0) is 4.79 Å². The van der Waals surface area contributed by atoms with Crippen molar-refractivity contribution in [3.8, 4) is 0 Å². The quantitative estimate of drug-likeness (QED) is 0.451. The fraction of sp³-hybridized carbons (Fsp3) is 0.600. The Morgan fingerprint density at radius 2 is 2.18 bits per heavy atom. The Bertz CT molecular complexity index is 1210. The van der Waals surface area contributed by atoms with Crippen molar-refractivity contribution in [1.82, 2.24) is 45.4 Å². The number of carbonyl (C=O) groups is 1. The van der Waals surface area contributed by atoms with Crippen LogP contribution in [0.25, 0.3) is 5.65 Å². The van der Waals surface area contributed by atoms with Crippen LogP contribution in [0.15, 0.2) is 24.9 Å². The summed E-state index contributed by atoms with van der Waals surface area (Å²) in [7, 11) is 0. The van der Waals surface area contributed by atoms with Gasteiger partial charge in [-0.25, -0.2) is 18.4 Å². The van der Waals surface area contributed by atoms with Crippen molar-refractivity contribution in [3.63, 3.8) is 0 Å². The van der Waals surface area contributed by atoms with Gasteiger partial charge < -0.3 is 9.72 Å². The Hall–Kier alpha value is -2.77. The van der Waals surface area contributed by atoms with Crippen molar-refractivity contribution >= 4 is 29.0 Å². The lowest BCUT2D eigenvalue weighted by atomic mass is 9.67. The second kappa shape index (κ2) is 8.17. The van der Waals surface area contributed by atoms with E-state index in [9.17, 15) is 9.18 Å². The highest BCUT2D eigenvalue weighted by molar-refractivity contribution is 6.21. The van der Waals surface area contributed by atoms with E-state index in [1.54, 1.807) is 27.7 Å². The molecule has 6 rings (SSSR count). The minimum Gasteiger partial charge on any atom is -0.309 e. The van der Waals surface area contributed by atoms with Crippen molar-refractivity contribution in [3.05, 3.63) is 30.6 Å². The number of nitrogens with zero attached hydrogens (tertiary/aromatic N) is 7. The number of anilines is 1. The Morgan fingerprint density at radius 3 is 2.91 bits per heavy atom. The molecule has 3 aromatic heterocycles. The largest absolute Gasteiger partial charge is 0.309 e. The maximum Gasteiger partial charge on any atom is 0.231 e. The van der Waals surface area contributed by atoms with Gasteiger partial charge in [0.25, 0.3) is 0 Å². The van der Waals surface area contributed by atoms with Gasteiger partial charge in [-0.15, -0.1) is 16.7 Å². The smallest absolute Gasteiger partial charge is 0.231 e. The fourth-order valence-electron chi connectivity index (χ4n) is 5.39. The summed E-state index contributed by atoms with van der Waals surface area (Å²) in [5.41, 5.74) is 7.53. The molecular formula is C20H23ClF2N10O. The molecule has 14 heteroatoms. The average molecular weight is 493 g/mol. The van der Waals surface area contributed by atoms with E-state index in [2.05, 4.69) is 41.7 Å². The monoisotopic (exact) mass is 492 g/mol. The number of alkyl halides is 3. The summed E-state index contributed by atoms with van der Waals surface area (Å²) < 4.78 is 32.3. The van der Waals surface area contributed by atoms with Crippen molar-refractivity contribution in [2.75, 3.05) is 11.9 Å². The zero-order valence-electron chi connectivity index (χ0n) is 18.1. The summed E-state index contributed by atoms with van der Waals surface area (Å²) in [6.07, 6.45) is 4.26. The van der Waals surface area contributed by atoms with Crippen LogP contribution in [0.5, 0.6) is 0 Å². The topological polar surface area (TPSA) is 127 Å². The molecule has 3 N–H and O–H groups in total. The molecular weight excluding hydrogens is 470 g/mol. The van der Waals surface area contributed by atoms with E-state index in [0.717, 1.165) is 0 Å². The van der Waals surface area contributed by atoms with Crippen molar-refractivity contribution in [1.29, 1.82) is 0 Å². The Kier molecular flexibility index (Phi) is 5.22. The molecule has 0 bridgehead atoms. The van der Waals surface area contributed by atoms with Crippen LogP contribution in [-0.4, -0.2) is 70.8 Å². The summed E-state index contributed by atoms with van der Waals surface area (Å²) in [5.74, 6) is -1.53. The molecule has 1 saturated heterocycles. The number of nitrogens with one attached hydrogen (secondary N) is 3. The van der Waals surface area contributed by atoms with E-state index in [1.165, 1.54) is 6.33 Å². The van der Waals surface area contributed by atoms with Crippen LogP contribution in [0.2, 0.25) is 0 Å². The third kappa shape index (κ3) is 3.53. The molecule has 2 saturated carbocycles. The number of halogens is 3. The molecule has 1 amide bonds. The molecule has 180 valence electrons. The van der Waals surface area contributed by atoms with Gasteiger partial charge in [0, 0.05) is 30.6 Å². The molecule has 0 aromatic carbocycles. The maximum atomic E-state index is 15.8. The maximum absolute atomic E-state index is 15.8. The minimum absolute atomic E-state index is 0.0255. The van der Waals surface area contributed by atoms with E-state index in [-0.39, 0.29) is 36.2 Å². The van der Waals surface area contributed by atoms with Gasteiger partial charge in [0.2, 0.25) is 5.91 Å². The standard InChI is InChI=1S/C20H23ClF2N10O/c1-8(33-7-26-30-31-33)15-18(23)17(21)16(10-3-25-29-19(10)15)12-5-32-6-13(27-14(32)4-24-12)28-20(34)9-2-11(9)22/h4-11,15-19,25,29H,2-3H2,1H3,(H,28,34)/t8-,9+,10?,11-,15?,16?,17?,18?,19?/m0/s1. The van der Waals surface area contributed by atoms with Gasteiger partial charge in [-0.3, -0.25) is 20.6 Å². The number of imidazole rings is 1. The second-order valence-corrected chi connectivity index (χ2v) is 9.79. The lowest BCUT2D eigenvalue weighted by Gasteiger charge is -2.45. The second-order valence-electron chi connectivity index (χ2n) is 9.29. The molecule has 3 aliphatic rings. The van der Waals surface area contributed by atoms with E-state index < -0.39 is 29.6 Å². The Balaban J connectivity index is 1.28. The van der Waals surface area contributed by atoms with E-state index in [1.807, 2.05) is 6.92 Å². The number of aromatic nitrogens is 7. The van der Waals surface area contributed by atoms with E-state index in [0.29, 0.717) is 23.7 Å². The highest BCUT2D eigenvalue weighted by atomic mass is 35.5. The number of hydrogen-bond donors (Lipinski definition) is 3. The van der Waals surface area contributed by atoms with Crippen LogP contribution in [0.1, 0.15) is 31.0 Å². The third-order valence-corrected chi connectivity index (χ3v) is 7.81. The Labute approximate surface area is 197 Å². The van der Waals surface area contributed by atoms with Gasteiger partial charge >= 0.3 is 0 Å².